The number of carbonyl (C=O) groups is 1. The van der Waals surface area contributed by atoms with Gasteiger partial charge in [0.2, 0.25) is 0 Å². The van der Waals surface area contributed by atoms with Gasteiger partial charge in [-0.25, -0.2) is 0 Å². The predicted octanol–water partition coefficient (Wildman–Crippen LogP) is 5.20. The quantitative estimate of drug-likeness (QED) is 0.495. The zero-order valence-electron chi connectivity index (χ0n) is 17.2. The third kappa shape index (κ3) is 5.88. The maximum absolute atomic E-state index is 12.4. The van der Waals surface area contributed by atoms with Gasteiger partial charge in [-0.3, -0.25) is 9.78 Å². The molecule has 2 aromatic carbocycles. The molecule has 31 heavy (non-hydrogen) atoms. The number of benzene rings is 2. The van der Waals surface area contributed by atoms with Gasteiger partial charge in [-0.05, 0) is 62.2 Å². The van der Waals surface area contributed by atoms with E-state index in [0.717, 1.165) is 55.5 Å². The van der Waals surface area contributed by atoms with Crippen LogP contribution in [0.2, 0.25) is 10.0 Å². The van der Waals surface area contributed by atoms with Gasteiger partial charge >= 0.3 is 0 Å². The molecule has 0 radical (unpaired) electrons. The number of nitrogens with zero attached hydrogens (tertiary/aromatic N) is 2. The van der Waals surface area contributed by atoms with Gasteiger partial charge in [0.1, 0.15) is 11.9 Å². The summed E-state index contributed by atoms with van der Waals surface area (Å²) in [6.45, 7) is 3.58. The first kappa shape index (κ1) is 21.9. The SMILES string of the molecule is O=C(NCCCN1CCC(Oc2ccc(Cl)c(Cl)c2)CC1)c1ccc2ncccc2c1. The lowest BCUT2D eigenvalue weighted by Crippen LogP contribution is -2.39. The molecular formula is C24H25Cl2N3O2. The van der Waals surface area contributed by atoms with Gasteiger partial charge in [-0.1, -0.05) is 29.3 Å². The molecule has 7 heteroatoms. The highest BCUT2D eigenvalue weighted by Crippen LogP contribution is 2.28. The molecular weight excluding hydrogens is 433 g/mol. The van der Waals surface area contributed by atoms with Crippen molar-refractivity contribution in [1.82, 2.24) is 15.2 Å². The zero-order chi connectivity index (χ0) is 21.6. The van der Waals surface area contributed by atoms with Crippen LogP contribution in [0.5, 0.6) is 5.75 Å². The Kier molecular flexibility index (Phi) is 7.28. The highest BCUT2D eigenvalue weighted by molar-refractivity contribution is 6.42. The summed E-state index contributed by atoms with van der Waals surface area (Å²) in [5.74, 6) is 0.722. The van der Waals surface area contributed by atoms with Gasteiger partial charge in [0, 0.05) is 42.8 Å². The van der Waals surface area contributed by atoms with Gasteiger partial charge in [-0.2, -0.15) is 0 Å². The molecule has 0 spiro atoms. The summed E-state index contributed by atoms with van der Waals surface area (Å²) >= 11 is 12.0. The average Bonchev–Trinajstić information content (AvgIpc) is 2.80. The summed E-state index contributed by atoms with van der Waals surface area (Å²) in [4.78, 5) is 19.1. The highest BCUT2D eigenvalue weighted by Gasteiger charge is 2.20. The number of nitrogens with one attached hydrogen (secondary N) is 1. The second-order valence-electron chi connectivity index (χ2n) is 7.76. The van der Waals surface area contributed by atoms with Crippen molar-refractivity contribution >= 4 is 40.0 Å². The molecule has 1 saturated heterocycles. The third-order valence-electron chi connectivity index (χ3n) is 5.53. The number of halogens is 2. The van der Waals surface area contributed by atoms with E-state index in [1.807, 2.05) is 36.4 Å². The van der Waals surface area contributed by atoms with Crippen molar-refractivity contribution in [3.63, 3.8) is 0 Å². The minimum Gasteiger partial charge on any atom is -0.490 e. The van der Waals surface area contributed by atoms with Crippen molar-refractivity contribution in [1.29, 1.82) is 0 Å². The number of hydrogen-bond donors (Lipinski definition) is 1. The van der Waals surface area contributed by atoms with Crippen molar-refractivity contribution in [2.75, 3.05) is 26.2 Å². The first-order valence-electron chi connectivity index (χ1n) is 10.6. The summed E-state index contributed by atoms with van der Waals surface area (Å²) < 4.78 is 6.04. The number of rotatable bonds is 7. The number of pyridine rings is 1. The molecule has 1 aromatic heterocycles. The number of carbonyl (C=O) groups excluding carboxylic acids is 1. The van der Waals surface area contributed by atoms with Crippen molar-refractivity contribution in [3.8, 4) is 5.75 Å². The first-order chi connectivity index (χ1) is 15.1. The molecule has 162 valence electrons. The molecule has 1 amide bonds. The monoisotopic (exact) mass is 457 g/mol. The average molecular weight is 458 g/mol. The fraction of sp³-hybridized carbons (Fsp3) is 0.333. The standard InChI is InChI=1S/C24H25Cl2N3O2/c25-21-6-5-20(16-22(21)26)31-19-8-13-29(14-9-19)12-2-11-28-24(30)18-4-7-23-17(15-18)3-1-10-27-23/h1,3-7,10,15-16,19H,2,8-9,11-14H2,(H,28,30). The van der Waals surface area contributed by atoms with Crippen molar-refractivity contribution < 1.29 is 9.53 Å². The lowest BCUT2D eigenvalue weighted by Gasteiger charge is -2.32. The summed E-state index contributed by atoms with van der Waals surface area (Å²) in [7, 11) is 0. The Hall–Kier alpha value is -2.34. The van der Waals surface area contributed by atoms with E-state index in [1.165, 1.54) is 0 Å². The topological polar surface area (TPSA) is 54.5 Å². The number of hydrogen-bond acceptors (Lipinski definition) is 4. The number of piperidine rings is 1. The molecule has 4 rings (SSSR count). The Balaban J connectivity index is 1.16. The minimum absolute atomic E-state index is 0.0421. The summed E-state index contributed by atoms with van der Waals surface area (Å²) in [6.07, 6.45) is 4.80. The number of aromatic nitrogens is 1. The van der Waals surface area contributed by atoms with E-state index in [2.05, 4.69) is 15.2 Å². The van der Waals surface area contributed by atoms with Crippen molar-refractivity contribution in [2.45, 2.75) is 25.4 Å². The van der Waals surface area contributed by atoms with Crippen LogP contribution in [-0.2, 0) is 0 Å². The van der Waals surface area contributed by atoms with Crippen LogP contribution in [0.3, 0.4) is 0 Å². The van der Waals surface area contributed by atoms with Crippen LogP contribution in [0, 0.1) is 0 Å². The zero-order valence-corrected chi connectivity index (χ0v) is 18.7. The Labute approximate surface area is 192 Å². The first-order valence-corrected chi connectivity index (χ1v) is 11.3. The van der Waals surface area contributed by atoms with Gasteiger partial charge in [-0.15, -0.1) is 0 Å². The summed E-state index contributed by atoms with van der Waals surface area (Å²) in [5.41, 5.74) is 1.56. The van der Waals surface area contributed by atoms with Gasteiger partial charge in [0.05, 0.1) is 15.6 Å². The van der Waals surface area contributed by atoms with Crippen LogP contribution in [0.15, 0.2) is 54.7 Å². The van der Waals surface area contributed by atoms with Crippen molar-refractivity contribution in [2.24, 2.45) is 0 Å². The maximum atomic E-state index is 12.4. The van der Waals surface area contributed by atoms with E-state index in [9.17, 15) is 4.79 Å². The Morgan fingerprint density at radius 2 is 1.94 bits per heavy atom. The fourth-order valence-corrected chi connectivity index (χ4v) is 4.10. The molecule has 5 nitrogen and oxygen atoms in total. The largest absolute Gasteiger partial charge is 0.490 e. The molecule has 0 atom stereocenters. The fourth-order valence-electron chi connectivity index (χ4n) is 3.82. The van der Waals surface area contributed by atoms with Crippen LogP contribution in [0.1, 0.15) is 29.6 Å². The summed E-state index contributed by atoms with van der Waals surface area (Å²) in [6, 6.07) is 14.8. The Morgan fingerprint density at radius 1 is 1.10 bits per heavy atom. The molecule has 0 aliphatic carbocycles. The van der Waals surface area contributed by atoms with E-state index in [4.69, 9.17) is 27.9 Å². The number of ether oxygens (including phenoxy) is 1. The van der Waals surface area contributed by atoms with E-state index in [1.54, 1.807) is 18.3 Å². The molecule has 0 saturated carbocycles. The van der Waals surface area contributed by atoms with Crippen LogP contribution in [0.25, 0.3) is 10.9 Å². The Bertz CT molecular complexity index is 1050. The minimum atomic E-state index is -0.0421. The summed E-state index contributed by atoms with van der Waals surface area (Å²) in [5, 5.41) is 5.04. The van der Waals surface area contributed by atoms with Gasteiger partial charge < -0.3 is 15.0 Å². The van der Waals surface area contributed by atoms with Gasteiger partial charge in [0.25, 0.3) is 5.91 Å². The van der Waals surface area contributed by atoms with Crippen LogP contribution < -0.4 is 10.1 Å². The molecule has 1 N–H and O–H groups in total. The smallest absolute Gasteiger partial charge is 0.251 e. The maximum Gasteiger partial charge on any atom is 0.251 e. The third-order valence-corrected chi connectivity index (χ3v) is 6.27. The Morgan fingerprint density at radius 3 is 2.74 bits per heavy atom. The number of amides is 1. The normalized spacial score (nSPS) is 15.2. The van der Waals surface area contributed by atoms with E-state index in [-0.39, 0.29) is 12.0 Å². The van der Waals surface area contributed by atoms with E-state index >= 15 is 0 Å². The van der Waals surface area contributed by atoms with Crippen LogP contribution in [-0.4, -0.2) is 48.1 Å². The second kappa shape index (κ2) is 10.3. The molecule has 1 aliphatic heterocycles. The lowest BCUT2D eigenvalue weighted by molar-refractivity contribution is 0.0935. The van der Waals surface area contributed by atoms with Crippen LogP contribution >= 0.6 is 23.2 Å². The predicted molar refractivity (Wildman–Crippen MR) is 125 cm³/mol. The van der Waals surface area contributed by atoms with E-state index in [0.29, 0.717) is 22.2 Å². The molecule has 0 bridgehead atoms. The van der Waals surface area contributed by atoms with E-state index < -0.39 is 0 Å². The number of likely N-dealkylation sites (tertiary alicyclic amines) is 1. The van der Waals surface area contributed by atoms with Crippen LogP contribution in [0.4, 0.5) is 0 Å². The molecule has 3 aromatic rings. The number of fused-ring (bicyclic) bond motifs is 1. The van der Waals surface area contributed by atoms with Crippen molar-refractivity contribution in [3.05, 3.63) is 70.3 Å². The molecule has 1 fully saturated rings. The molecule has 1 aliphatic rings. The molecule has 0 unspecified atom stereocenters. The highest BCUT2D eigenvalue weighted by atomic mass is 35.5. The molecule has 2 heterocycles. The lowest BCUT2D eigenvalue weighted by atomic mass is 10.1. The second-order valence-corrected chi connectivity index (χ2v) is 8.57. The van der Waals surface area contributed by atoms with Gasteiger partial charge in [0.15, 0.2) is 0 Å².